The number of benzene rings is 1. The maximum absolute atomic E-state index is 12.1. The van der Waals surface area contributed by atoms with Crippen molar-refractivity contribution in [3.05, 3.63) is 27.7 Å². The van der Waals surface area contributed by atoms with E-state index in [1.54, 1.807) is 11.0 Å². The number of carbonyl (C=O) groups is 1. The molecule has 0 bridgehead atoms. The third-order valence-corrected chi connectivity index (χ3v) is 3.73. The van der Waals surface area contributed by atoms with Gasteiger partial charge in [-0.05, 0) is 47.1 Å². The summed E-state index contributed by atoms with van der Waals surface area (Å²) in [4.78, 5) is 13.9. The summed E-state index contributed by atoms with van der Waals surface area (Å²) in [5.74, 6) is 0.134. The van der Waals surface area contributed by atoms with Gasteiger partial charge in [0, 0.05) is 16.0 Å². The Kier molecular flexibility index (Phi) is 4.07. The van der Waals surface area contributed by atoms with E-state index in [-0.39, 0.29) is 11.9 Å². The number of rotatable bonds is 3. The number of halogens is 2. The fourth-order valence-electron chi connectivity index (χ4n) is 2.06. The number of hydrogen-bond donors (Lipinski definition) is 1. The van der Waals surface area contributed by atoms with E-state index in [1.807, 2.05) is 19.1 Å². The second-order valence-electron chi connectivity index (χ2n) is 3.98. The SMILES string of the molecule is CCNC1CCN(c2ccc(Cl)cc2Br)C1=O. The van der Waals surface area contributed by atoms with Crippen molar-refractivity contribution in [1.29, 1.82) is 0 Å². The van der Waals surface area contributed by atoms with Crippen LogP contribution in [0.15, 0.2) is 22.7 Å². The zero-order valence-electron chi connectivity index (χ0n) is 9.54. The first-order valence-electron chi connectivity index (χ1n) is 5.63. The molecule has 92 valence electrons. The molecule has 1 amide bonds. The average molecular weight is 318 g/mol. The largest absolute Gasteiger partial charge is 0.310 e. The Bertz CT molecular complexity index is 439. The van der Waals surface area contributed by atoms with Crippen molar-refractivity contribution in [2.75, 3.05) is 18.0 Å². The molecule has 17 heavy (non-hydrogen) atoms. The monoisotopic (exact) mass is 316 g/mol. The average Bonchev–Trinajstić information content (AvgIpc) is 2.62. The molecule has 1 aliphatic heterocycles. The Hall–Kier alpha value is -0.580. The van der Waals surface area contributed by atoms with Crippen LogP contribution in [-0.4, -0.2) is 25.0 Å². The van der Waals surface area contributed by atoms with Crippen molar-refractivity contribution >= 4 is 39.1 Å². The minimum atomic E-state index is -0.0532. The van der Waals surface area contributed by atoms with E-state index in [1.165, 1.54) is 0 Å². The van der Waals surface area contributed by atoms with Crippen molar-refractivity contribution in [2.24, 2.45) is 0 Å². The van der Waals surface area contributed by atoms with E-state index in [9.17, 15) is 4.79 Å². The van der Waals surface area contributed by atoms with Crippen molar-refractivity contribution in [3.63, 3.8) is 0 Å². The molecule has 1 aromatic carbocycles. The summed E-state index contributed by atoms with van der Waals surface area (Å²) < 4.78 is 0.857. The maximum atomic E-state index is 12.1. The van der Waals surface area contributed by atoms with Crippen LogP contribution in [0.4, 0.5) is 5.69 Å². The van der Waals surface area contributed by atoms with E-state index < -0.39 is 0 Å². The van der Waals surface area contributed by atoms with Crippen LogP contribution >= 0.6 is 27.5 Å². The number of hydrogen-bond acceptors (Lipinski definition) is 2. The highest BCUT2D eigenvalue weighted by atomic mass is 79.9. The topological polar surface area (TPSA) is 32.3 Å². The van der Waals surface area contributed by atoms with Gasteiger partial charge in [-0.25, -0.2) is 0 Å². The van der Waals surface area contributed by atoms with Crippen LogP contribution in [0.1, 0.15) is 13.3 Å². The third kappa shape index (κ3) is 2.64. The molecular formula is C12H14BrClN2O. The smallest absolute Gasteiger partial charge is 0.244 e. The van der Waals surface area contributed by atoms with Crippen LogP contribution in [0.3, 0.4) is 0 Å². The molecule has 0 saturated carbocycles. The quantitative estimate of drug-likeness (QED) is 0.930. The number of nitrogens with one attached hydrogen (secondary N) is 1. The second-order valence-corrected chi connectivity index (χ2v) is 5.28. The van der Waals surface area contributed by atoms with Crippen LogP contribution in [0, 0.1) is 0 Å². The Morgan fingerprint density at radius 2 is 2.35 bits per heavy atom. The summed E-state index contributed by atoms with van der Waals surface area (Å²) >= 11 is 9.34. The zero-order chi connectivity index (χ0) is 12.4. The van der Waals surface area contributed by atoms with E-state index in [0.29, 0.717) is 5.02 Å². The Morgan fingerprint density at radius 3 is 3.00 bits per heavy atom. The molecule has 1 aliphatic rings. The number of carbonyl (C=O) groups excluding carboxylic acids is 1. The van der Waals surface area contributed by atoms with Gasteiger partial charge in [0.2, 0.25) is 5.91 Å². The molecule has 1 N–H and O–H groups in total. The van der Waals surface area contributed by atoms with Gasteiger partial charge in [0.05, 0.1) is 11.7 Å². The van der Waals surface area contributed by atoms with Gasteiger partial charge in [0.15, 0.2) is 0 Å². The lowest BCUT2D eigenvalue weighted by Crippen LogP contribution is -2.38. The molecule has 2 rings (SSSR count). The fraction of sp³-hybridized carbons (Fsp3) is 0.417. The molecule has 1 atom stereocenters. The molecule has 3 nitrogen and oxygen atoms in total. The molecule has 0 radical (unpaired) electrons. The Morgan fingerprint density at radius 1 is 1.59 bits per heavy atom. The molecule has 0 spiro atoms. The third-order valence-electron chi connectivity index (χ3n) is 2.86. The van der Waals surface area contributed by atoms with Crippen molar-refractivity contribution in [1.82, 2.24) is 5.32 Å². The summed E-state index contributed by atoms with van der Waals surface area (Å²) in [5, 5.41) is 3.85. The lowest BCUT2D eigenvalue weighted by Gasteiger charge is -2.18. The molecule has 1 saturated heterocycles. The van der Waals surface area contributed by atoms with Gasteiger partial charge in [0.25, 0.3) is 0 Å². The molecule has 0 aliphatic carbocycles. The molecule has 1 unspecified atom stereocenters. The highest BCUT2D eigenvalue weighted by molar-refractivity contribution is 9.10. The fourth-order valence-corrected chi connectivity index (χ4v) is 2.95. The molecule has 1 heterocycles. The van der Waals surface area contributed by atoms with Crippen molar-refractivity contribution in [3.8, 4) is 0 Å². The highest BCUT2D eigenvalue weighted by Crippen LogP contribution is 2.31. The molecule has 1 aromatic rings. The van der Waals surface area contributed by atoms with Crippen LogP contribution in [0.5, 0.6) is 0 Å². The van der Waals surface area contributed by atoms with Crippen LogP contribution in [0.25, 0.3) is 0 Å². The van der Waals surface area contributed by atoms with Gasteiger partial charge in [-0.1, -0.05) is 18.5 Å². The summed E-state index contributed by atoms with van der Waals surface area (Å²) in [6.07, 6.45) is 0.849. The summed E-state index contributed by atoms with van der Waals surface area (Å²) in [6.45, 7) is 3.57. The van der Waals surface area contributed by atoms with Gasteiger partial charge in [-0.3, -0.25) is 4.79 Å². The lowest BCUT2D eigenvalue weighted by atomic mass is 10.2. The van der Waals surface area contributed by atoms with Crippen LogP contribution in [0.2, 0.25) is 5.02 Å². The molecule has 1 fully saturated rings. The van der Waals surface area contributed by atoms with Gasteiger partial charge in [0.1, 0.15) is 0 Å². The number of likely N-dealkylation sites (N-methyl/N-ethyl adjacent to an activating group) is 1. The molecule has 0 aromatic heterocycles. The molecular weight excluding hydrogens is 304 g/mol. The van der Waals surface area contributed by atoms with Gasteiger partial charge >= 0.3 is 0 Å². The number of nitrogens with zero attached hydrogens (tertiary/aromatic N) is 1. The van der Waals surface area contributed by atoms with E-state index in [0.717, 1.165) is 29.7 Å². The summed E-state index contributed by atoms with van der Waals surface area (Å²) in [5.41, 5.74) is 0.889. The standard InChI is InChI=1S/C12H14BrClN2O/c1-2-15-10-5-6-16(12(10)17)11-4-3-8(14)7-9(11)13/h3-4,7,10,15H,2,5-6H2,1H3. The van der Waals surface area contributed by atoms with Crippen LogP contribution in [-0.2, 0) is 4.79 Å². The van der Waals surface area contributed by atoms with E-state index >= 15 is 0 Å². The van der Waals surface area contributed by atoms with Gasteiger partial charge < -0.3 is 10.2 Å². The van der Waals surface area contributed by atoms with Crippen LogP contribution < -0.4 is 10.2 Å². The second kappa shape index (κ2) is 5.38. The minimum absolute atomic E-state index is 0.0532. The first-order chi connectivity index (χ1) is 8.13. The Labute approximate surface area is 114 Å². The molecule has 5 heteroatoms. The normalized spacial score (nSPS) is 20.1. The first-order valence-corrected chi connectivity index (χ1v) is 6.80. The summed E-state index contributed by atoms with van der Waals surface area (Å²) in [6, 6.07) is 5.43. The minimum Gasteiger partial charge on any atom is -0.310 e. The van der Waals surface area contributed by atoms with Crippen molar-refractivity contribution in [2.45, 2.75) is 19.4 Å². The number of anilines is 1. The predicted molar refractivity (Wildman–Crippen MR) is 73.6 cm³/mol. The lowest BCUT2D eigenvalue weighted by molar-refractivity contribution is -0.118. The zero-order valence-corrected chi connectivity index (χ0v) is 11.9. The van der Waals surface area contributed by atoms with Gasteiger partial charge in [-0.2, -0.15) is 0 Å². The Balaban J connectivity index is 2.21. The highest BCUT2D eigenvalue weighted by Gasteiger charge is 2.32. The summed E-state index contributed by atoms with van der Waals surface area (Å²) in [7, 11) is 0. The van der Waals surface area contributed by atoms with Gasteiger partial charge in [-0.15, -0.1) is 0 Å². The number of amides is 1. The van der Waals surface area contributed by atoms with E-state index in [2.05, 4.69) is 21.2 Å². The van der Waals surface area contributed by atoms with Crippen molar-refractivity contribution < 1.29 is 4.79 Å². The first kappa shape index (κ1) is 12.9. The predicted octanol–water partition coefficient (Wildman–Crippen LogP) is 2.82. The van der Waals surface area contributed by atoms with E-state index in [4.69, 9.17) is 11.6 Å². The maximum Gasteiger partial charge on any atom is 0.244 e.